The van der Waals surface area contributed by atoms with Crippen molar-refractivity contribution in [1.29, 1.82) is 0 Å². The first-order valence-electron chi connectivity index (χ1n) is 21.6. The van der Waals surface area contributed by atoms with Gasteiger partial charge in [-0.05, 0) is 134 Å². The fourth-order valence-electron chi connectivity index (χ4n) is 8.45. The summed E-state index contributed by atoms with van der Waals surface area (Å²) < 4.78 is 18.5. The smallest absolute Gasteiger partial charge is 0.119 e. The minimum absolute atomic E-state index is 0.611. The largest absolute Gasteiger partial charge is 0.494 e. The van der Waals surface area contributed by atoms with Gasteiger partial charge in [0.1, 0.15) is 11.5 Å². The van der Waals surface area contributed by atoms with Gasteiger partial charge in [0.25, 0.3) is 0 Å². The van der Waals surface area contributed by atoms with Gasteiger partial charge in [-0.25, -0.2) is 0 Å². The third kappa shape index (κ3) is 14.8. The van der Waals surface area contributed by atoms with Crippen molar-refractivity contribution in [3.63, 3.8) is 0 Å². The van der Waals surface area contributed by atoms with Gasteiger partial charge < -0.3 is 14.2 Å². The van der Waals surface area contributed by atoms with Crippen LogP contribution in [0.3, 0.4) is 0 Å². The highest BCUT2D eigenvalue weighted by molar-refractivity contribution is 5.69. The van der Waals surface area contributed by atoms with Crippen molar-refractivity contribution in [3.05, 3.63) is 71.8 Å². The minimum Gasteiger partial charge on any atom is -0.494 e. The van der Waals surface area contributed by atoms with Crippen molar-refractivity contribution in [2.75, 3.05) is 26.4 Å². The molecular weight excluding hydrogens is 625 g/mol. The molecule has 0 spiro atoms. The van der Waals surface area contributed by atoms with Gasteiger partial charge in [0.2, 0.25) is 0 Å². The maximum absolute atomic E-state index is 6.47. The second-order valence-electron chi connectivity index (χ2n) is 15.7. The van der Waals surface area contributed by atoms with Crippen LogP contribution in [-0.2, 0) is 4.74 Å². The Kier molecular flexibility index (Phi) is 19.9. The summed E-state index contributed by atoms with van der Waals surface area (Å²) in [5.74, 6) is 5.00. The normalized spacial score (nSPS) is 21.5. The molecule has 51 heavy (non-hydrogen) atoms. The summed E-state index contributed by atoms with van der Waals surface area (Å²) in [6.07, 6.45) is 31.0. The van der Waals surface area contributed by atoms with Crippen LogP contribution in [0.4, 0.5) is 0 Å². The molecule has 0 aliphatic heterocycles. The molecule has 0 unspecified atom stereocenters. The fourth-order valence-corrected chi connectivity index (χ4v) is 8.45. The lowest BCUT2D eigenvalue weighted by atomic mass is 9.75. The highest BCUT2D eigenvalue weighted by atomic mass is 16.5. The van der Waals surface area contributed by atoms with Crippen LogP contribution in [-0.4, -0.2) is 26.4 Å². The Hall–Kier alpha value is -2.52. The third-order valence-corrected chi connectivity index (χ3v) is 11.8. The SMILES string of the molecule is CCCCCC1CCC(C(=CCOCC=C(c2ccc(OCCCC)cc2)C2CCC(CCCCC)CC2)c2ccc(OCCCC)cc2)CC1. The predicted octanol–water partition coefficient (Wildman–Crippen LogP) is 14.3. The molecule has 0 aromatic heterocycles. The van der Waals surface area contributed by atoms with Crippen LogP contribution >= 0.6 is 0 Å². The van der Waals surface area contributed by atoms with Crippen LogP contribution in [0, 0.1) is 23.7 Å². The molecule has 0 saturated heterocycles. The number of rotatable bonds is 24. The van der Waals surface area contributed by atoms with Crippen molar-refractivity contribution in [3.8, 4) is 11.5 Å². The first-order valence-corrected chi connectivity index (χ1v) is 21.6. The minimum atomic E-state index is 0.611. The van der Waals surface area contributed by atoms with E-state index in [0.29, 0.717) is 25.0 Å². The number of benzene rings is 2. The zero-order valence-corrected chi connectivity index (χ0v) is 33.3. The van der Waals surface area contributed by atoms with E-state index in [1.54, 1.807) is 0 Å². The molecule has 4 rings (SSSR count). The molecule has 0 bridgehead atoms. The molecule has 3 nitrogen and oxygen atoms in total. The quantitative estimate of drug-likeness (QED) is 0.102. The molecule has 0 radical (unpaired) electrons. The number of unbranched alkanes of at least 4 members (excludes halogenated alkanes) is 6. The topological polar surface area (TPSA) is 27.7 Å². The highest BCUT2D eigenvalue weighted by Gasteiger charge is 2.26. The van der Waals surface area contributed by atoms with E-state index in [0.717, 1.165) is 62.2 Å². The van der Waals surface area contributed by atoms with Gasteiger partial charge in [0.15, 0.2) is 0 Å². The molecule has 2 aromatic carbocycles. The van der Waals surface area contributed by atoms with Crippen molar-refractivity contribution >= 4 is 11.1 Å². The van der Waals surface area contributed by atoms with Crippen LogP contribution in [0.15, 0.2) is 60.7 Å². The standard InChI is InChI=1S/C48H74O3/c1-5-9-13-15-39-17-21-41(22-18-39)47(43-25-29-45(30-26-43)50-35-11-7-3)33-37-49-38-34-48(42-23-19-40(20-24-42)16-14-10-6-2)44-27-31-46(32-28-44)51-36-12-8-4/h25-34,39-42H,5-24,35-38H2,1-4H3. The Balaban J connectivity index is 1.43. The average Bonchev–Trinajstić information content (AvgIpc) is 3.17. The molecule has 284 valence electrons. The van der Waals surface area contributed by atoms with Gasteiger partial charge >= 0.3 is 0 Å². The fraction of sp³-hybridized carbons (Fsp3) is 0.667. The van der Waals surface area contributed by atoms with E-state index in [9.17, 15) is 0 Å². The molecular formula is C48H74O3. The van der Waals surface area contributed by atoms with E-state index in [4.69, 9.17) is 14.2 Å². The maximum atomic E-state index is 6.47. The monoisotopic (exact) mass is 699 g/mol. The van der Waals surface area contributed by atoms with E-state index in [1.807, 2.05) is 0 Å². The van der Waals surface area contributed by atoms with E-state index < -0.39 is 0 Å². The number of hydrogen-bond donors (Lipinski definition) is 0. The van der Waals surface area contributed by atoms with Crippen LogP contribution < -0.4 is 9.47 Å². The number of ether oxygens (including phenoxy) is 3. The zero-order valence-electron chi connectivity index (χ0n) is 33.3. The maximum Gasteiger partial charge on any atom is 0.119 e. The first-order chi connectivity index (χ1) is 25.1. The lowest BCUT2D eigenvalue weighted by molar-refractivity contribution is 0.193. The second-order valence-corrected chi connectivity index (χ2v) is 15.7. The van der Waals surface area contributed by atoms with Crippen molar-refractivity contribution in [1.82, 2.24) is 0 Å². The van der Waals surface area contributed by atoms with Gasteiger partial charge in [-0.2, -0.15) is 0 Å². The molecule has 2 fully saturated rings. The molecule has 0 N–H and O–H groups in total. The van der Waals surface area contributed by atoms with E-state index in [-0.39, 0.29) is 0 Å². The molecule has 0 atom stereocenters. The number of allylic oxidation sites excluding steroid dienone is 2. The summed E-state index contributed by atoms with van der Waals surface area (Å²) in [4.78, 5) is 0. The van der Waals surface area contributed by atoms with Gasteiger partial charge in [0, 0.05) is 0 Å². The van der Waals surface area contributed by atoms with Gasteiger partial charge in [0.05, 0.1) is 26.4 Å². The summed E-state index contributed by atoms with van der Waals surface area (Å²) in [6, 6.07) is 17.8. The summed E-state index contributed by atoms with van der Waals surface area (Å²) in [5.41, 5.74) is 5.63. The zero-order chi connectivity index (χ0) is 35.9. The first kappa shape index (κ1) is 41.2. The average molecular weight is 699 g/mol. The van der Waals surface area contributed by atoms with Crippen LogP contribution in [0.2, 0.25) is 0 Å². The third-order valence-electron chi connectivity index (χ3n) is 11.8. The molecule has 2 aliphatic carbocycles. The van der Waals surface area contributed by atoms with Crippen molar-refractivity contribution < 1.29 is 14.2 Å². The summed E-state index contributed by atoms with van der Waals surface area (Å²) >= 11 is 0. The van der Waals surface area contributed by atoms with E-state index >= 15 is 0 Å². The Labute approximate surface area is 314 Å². The Bertz CT molecular complexity index is 1130. The van der Waals surface area contributed by atoms with E-state index in [2.05, 4.69) is 88.4 Å². The Morgan fingerprint density at radius 2 is 0.863 bits per heavy atom. The Morgan fingerprint density at radius 1 is 0.490 bits per heavy atom. The van der Waals surface area contributed by atoms with Crippen molar-refractivity contribution in [2.45, 2.75) is 156 Å². The van der Waals surface area contributed by atoms with Crippen LogP contribution in [0.1, 0.15) is 167 Å². The number of hydrogen-bond acceptors (Lipinski definition) is 3. The highest BCUT2D eigenvalue weighted by Crippen LogP contribution is 2.41. The van der Waals surface area contributed by atoms with E-state index in [1.165, 1.54) is 125 Å². The van der Waals surface area contributed by atoms with Gasteiger partial charge in [-0.3, -0.25) is 0 Å². The molecule has 3 heteroatoms. The molecule has 2 saturated carbocycles. The summed E-state index contributed by atoms with van der Waals surface area (Å²) in [5, 5.41) is 0. The summed E-state index contributed by atoms with van der Waals surface area (Å²) in [7, 11) is 0. The van der Waals surface area contributed by atoms with Crippen molar-refractivity contribution in [2.24, 2.45) is 23.7 Å². The van der Waals surface area contributed by atoms with Gasteiger partial charge in [-0.1, -0.05) is 128 Å². The predicted molar refractivity (Wildman–Crippen MR) is 220 cm³/mol. The van der Waals surface area contributed by atoms with Crippen LogP contribution in [0.5, 0.6) is 11.5 Å². The Morgan fingerprint density at radius 3 is 1.22 bits per heavy atom. The lowest BCUT2D eigenvalue weighted by Gasteiger charge is -2.31. The molecule has 0 amide bonds. The lowest BCUT2D eigenvalue weighted by Crippen LogP contribution is -2.17. The van der Waals surface area contributed by atoms with Crippen LogP contribution in [0.25, 0.3) is 11.1 Å². The van der Waals surface area contributed by atoms with Gasteiger partial charge in [-0.15, -0.1) is 0 Å². The molecule has 2 aromatic rings. The molecule has 0 heterocycles. The summed E-state index contributed by atoms with van der Waals surface area (Å²) in [6.45, 7) is 11.9. The second kappa shape index (κ2) is 24.7. The molecule has 2 aliphatic rings.